The number of ether oxygens (including phenoxy) is 3. The number of hydrogen-bond acceptors (Lipinski definition) is 6. The standard InChI is InChI=1S/C19H23N3O5/c1-12-15(13(2)22(3)21-12)7-9-19(24)27-11-18(23)20-16-10-14(25-4)6-8-17(16)26-5/h6-10H,11H2,1-5H3,(H,20,23)/b9-7+. The van der Waals surface area contributed by atoms with Crippen LogP contribution in [-0.2, 0) is 21.4 Å². The SMILES string of the molecule is COc1ccc(OC)c(NC(=O)COC(=O)/C=C/c2c(C)nn(C)c2C)c1. The van der Waals surface area contributed by atoms with Gasteiger partial charge < -0.3 is 19.5 Å². The molecule has 2 rings (SSSR count). The van der Waals surface area contributed by atoms with E-state index in [2.05, 4.69) is 10.4 Å². The Morgan fingerprint density at radius 1 is 1.22 bits per heavy atom. The van der Waals surface area contributed by atoms with Gasteiger partial charge in [-0.05, 0) is 32.1 Å². The number of hydrogen-bond donors (Lipinski definition) is 1. The molecular weight excluding hydrogens is 350 g/mol. The molecule has 1 N–H and O–H groups in total. The Kier molecular flexibility index (Phi) is 6.59. The number of carbonyl (C=O) groups is 2. The van der Waals surface area contributed by atoms with Crippen LogP contribution < -0.4 is 14.8 Å². The third-order valence-corrected chi connectivity index (χ3v) is 3.98. The van der Waals surface area contributed by atoms with Gasteiger partial charge in [0.2, 0.25) is 0 Å². The van der Waals surface area contributed by atoms with E-state index in [0.717, 1.165) is 17.0 Å². The van der Waals surface area contributed by atoms with Crippen LogP contribution in [0.5, 0.6) is 11.5 Å². The molecular formula is C19H23N3O5. The van der Waals surface area contributed by atoms with Crippen LogP contribution in [0.4, 0.5) is 5.69 Å². The van der Waals surface area contributed by atoms with E-state index < -0.39 is 18.5 Å². The second-order valence-corrected chi connectivity index (χ2v) is 5.76. The van der Waals surface area contributed by atoms with Crippen LogP contribution in [0.3, 0.4) is 0 Å². The number of nitrogens with zero attached hydrogens (tertiary/aromatic N) is 2. The van der Waals surface area contributed by atoms with E-state index in [-0.39, 0.29) is 0 Å². The zero-order valence-corrected chi connectivity index (χ0v) is 16.0. The van der Waals surface area contributed by atoms with Gasteiger partial charge in [-0.15, -0.1) is 0 Å². The fraction of sp³-hybridized carbons (Fsp3) is 0.316. The number of benzene rings is 1. The summed E-state index contributed by atoms with van der Waals surface area (Å²) in [6, 6.07) is 5.00. The van der Waals surface area contributed by atoms with Crippen molar-refractivity contribution in [1.82, 2.24) is 9.78 Å². The van der Waals surface area contributed by atoms with Crippen molar-refractivity contribution < 1.29 is 23.8 Å². The summed E-state index contributed by atoms with van der Waals surface area (Å²) in [5.41, 5.74) is 3.01. The maximum absolute atomic E-state index is 12.0. The lowest BCUT2D eigenvalue weighted by Gasteiger charge is -2.11. The number of amides is 1. The van der Waals surface area contributed by atoms with Crippen LogP contribution in [0.1, 0.15) is 17.0 Å². The first-order valence-corrected chi connectivity index (χ1v) is 8.22. The molecule has 0 aliphatic heterocycles. The minimum Gasteiger partial charge on any atom is -0.497 e. The molecule has 0 saturated carbocycles. The predicted molar refractivity (Wildman–Crippen MR) is 101 cm³/mol. The monoisotopic (exact) mass is 373 g/mol. The minimum atomic E-state index is -0.620. The second-order valence-electron chi connectivity index (χ2n) is 5.76. The van der Waals surface area contributed by atoms with Gasteiger partial charge in [-0.1, -0.05) is 0 Å². The number of nitrogens with one attached hydrogen (secondary N) is 1. The molecule has 0 bridgehead atoms. The predicted octanol–water partition coefficient (Wildman–Crippen LogP) is 2.25. The smallest absolute Gasteiger partial charge is 0.331 e. The Labute approximate surface area is 157 Å². The first-order valence-electron chi connectivity index (χ1n) is 8.22. The highest BCUT2D eigenvalue weighted by atomic mass is 16.5. The van der Waals surface area contributed by atoms with Gasteiger partial charge in [0.25, 0.3) is 5.91 Å². The van der Waals surface area contributed by atoms with Crippen LogP contribution >= 0.6 is 0 Å². The summed E-state index contributed by atoms with van der Waals surface area (Å²) < 4.78 is 17.0. The molecule has 0 radical (unpaired) electrons. The van der Waals surface area contributed by atoms with Crippen LogP contribution in [-0.4, -0.2) is 42.5 Å². The molecule has 1 heterocycles. The maximum atomic E-state index is 12.0. The van der Waals surface area contributed by atoms with Crippen molar-refractivity contribution in [3.63, 3.8) is 0 Å². The highest BCUT2D eigenvalue weighted by molar-refractivity contribution is 5.95. The first kappa shape index (κ1) is 20.0. The normalized spacial score (nSPS) is 10.7. The summed E-state index contributed by atoms with van der Waals surface area (Å²) in [4.78, 5) is 23.9. The largest absolute Gasteiger partial charge is 0.497 e. The molecule has 0 atom stereocenters. The summed E-state index contributed by atoms with van der Waals surface area (Å²) in [6.45, 7) is 3.33. The molecule has 0 spiro atoms. The van der Waals surface area contributed by atoms with E-state index >= 15 is 0 Å². The van der Waals surface area contributed by atoms with Crippen LogP contribution in [0.2, 0.25) is 0 Å². The Morgan fingerprint density at radius 3 is 2.56 bits per heavy atom. The van der Waals surface area contributed by atoms with E-state index in [4.69, 9.17) is 14.2 Å². The summed E-state index contributed by atoms with van der Waals surface area (Å²) >= 11 is 0. The number of aromatic nitrogens is 2. The van der Waals surface area contributed by atoms with E-state index in [9.17, 15) is 9.59 Å². The molecule has 0 aliphatic carbocycles. The van der Waals surface area contributed by atoms with Crippen molar-refractivity contribution in [2.24, 2.45) is 7.05 Å². The average molecular weight is 373 g/mol. The number of anilines is 1. The minimum absolute atomic E-state index is 0.422. The molecule has 2 aromatic rings. The van der Waals surface area contributed by atoms with Gasteiger partial charge in [-0.3, -0.25) is 9.48 Å². The van der Waals surface area contributed by atoms with Gasteiger partial charge in [-0.2, -0.15) is 5.10 Å². The molecule has 0 saturated heterocycles. The van der Waals surface area contributed by atoms with Crippen molar-refractivity contribution in [3.05, 3.63) is 41.2 Å². The highest BCUT2D eigenvalue weighted by Crippen LogP contribution is 2.28. The number of carbonyl (C=O) groups excluding carboxylic acids is 2. The van der Waals surface area contributed by atoms with Gasteiger partial charge in [0.05, 0.1) is 25.6 Å². The third-order valence-electron chi connectivity index (χ3n) is 3.98. The molecule has 8 heteroatoms. The zero-order chi connectivity index (χ0) is 20.0. The van der Waals surface area contributed by atoms with Crippen LogP contribution in [0.15, 0.2) is 24.3 Å². The molecule has 0 fully saturated rings. The number of aryl methyl sites for hydroxylation is 2. The lowest BCUT2D eigenvalue weighted by molar-refractivity contribution is -0.142. The molecule has 1 aromatic heterocycles. The van der Waals surface area contributed by atoms with Gasteiger partial charge in [0.1, 0.15) is 11.5 Å². The lowest BCUT2D eigenvalue weighted by Crippen LogP contribution is -2.20. The zero-order valence-electron chi connectivity index (χ0n) is 16.0. The van der Waals surface area contributed by atoms with Crippen molar-refractivity contribution in [1.29, 1.82) is 0 Å². The van der Waals surface area contributed by atoms with E-state index in [1.165, 1.54) is 20.3 Å². The van der Waals surface area contributed by atoms with E-state index in [0.29, 0.717) is 17.2 Å². The topological polar surface area (TPSA) is 91.7 Å². The molecule has 0 aliphatic rings. The van der Waals surface area contributed by atoms with Gasteiger partial charge in [0, 0.05) is 30.4 Å². The molecule has 0 unspecified atom stereocenters. The summed E-state index contributed by atoms with van der Waals surface area (Å²) in [6.07, 6.45) is 2.90. The molecule has 1 amide bonds. The van der Waals surface area contributed by atoms with Gasteiger partial charge in [-0.25, -0.2) is 4.79 Å². The first-order chi connectivity index (χ1) is 12.8. The van der Waals surface area contributed by atoms with Crippen molar-refractivity contribution in [2.45, 2.75) is 13.8 Å². The number of methoxy groups -OCH3 is 2. The quantitative estimate of drug-likeness (QED) is 0.591. The highest BCUT2D eigenvalue weighted by Gasteiger charge is 2.11. The number of esters is 1. The fourth-order valence-electron chi connectivity index (χ4n) is 2.47. The van der Waals surface area contributed by atoms with Gasteiger partial charge in [0.15, 0.2) is 6.61 Å². The Balaban J connectivity index is 1.93. The van der Waals surface area contributed by atoms with E-state index in [1.54, 1.807) is 29.0 Å². The van der Waals surface area contributed by atoms with E-state index in [1.807, 2.05) is 20.9 Å². The van der Waals surface area contributed by atoms with Crippen LogP contribution in [0.25, 0.3) is 6.08 Å². The Hall–Kier alpha value is -3.29. The molecule has 27 heavy (non-hydrogen) atoms. The summed E-state index contributed by atoms with van der Waals surface area (Å²) in [5.74, 6) is -0.0754. The summed E-state index contributed by atoms with van der Waals surface area (Å²) in [5, 5.41) is 6.90. The number of rotatable bonds is 7. The summed E-state index contributed by atoms with van der Waals surface area (Å²) in [7, 11) is 4.84. The Morgan fingerprint density at radius 2 is 1.96 bits per heavy atom. The second kappa shape index (κ2) is 8.88. The van der Waals surface area contributed by atoms with Crippen molar-refractivity contribution >= 4 is 23.6 Å². The molecule has 144 valence electrons. The maximum Gasteiger partial charge on any atom is 0.331 e. The van der Waals surface area contributed by atoms with Crippen molar-refractivity contribution in [3.8, 4) is 11.5 Å². The molecule has 8 nitrogen and oxygen atoms in total. The van der Waals surface area contributed by atoms with Gasteiger partial charge >= 0.3 is 5.97 Å². The van der Waals surface area contributed by atoms with Crippen LogP contribution in [0, 0.1) is 13.8 Å². The molecule has 1 aromatic carbocycles. The average Bonchev–Trinajstić information content (AvgIpc) is 2.89. The Bertz CT molecular complexity index is 870. The third kappa shape index (κ3) is 5.10. The fourth-order valence-corrected chi connectivity index (χ4v) is 2.47. The lowest BCUT2D eigenvalue weighted by atomic mass is 10.2. The van der Waals surface area contributed by atoms with Crippen molar-refractivity contribution in [2.75, 3.05) is 26.1 Å².